The predicted molar refractivity (Wildman–Crippen MR) is 81.0 cm³/mol. The summed E-state index contributed by atoms with van der Waals surface area (Å²) in [7, 11) is 0. The molecular weight excluding hydrogens is 260 g/mol. The van der Waals surface area contributed by atoms with E-state index in [1.54, 1.807) is 6.20 Å². The van der Waals surface area contributed by atoms with Gasteiger partial charge in [0.15, 0.2) is 5.82 Å². The maximum absolute atomic E-state index is 6.26. The molecule has 0 aliphatic carbocycles. The molecule has 1 fully saturated rings. The summed E-state index contributed by atoms with van der Waals surface area (Å²) in [6.07, 6.45) is 4.03. The van der Waals surface area contributed by atoms with Crippen LogP contribution in [0.15, 0.2) is 6.20 Å². The van der Waals surface area contributed by atoms with E-state index in [0.29, 0.717) is 22.8 Å². The van der Waals surface area contributed by atoms with Gasteiger partial charge in [0.2, 0.25) is 5.95 Å². The van der Waals surface area contributed by atoms with Gasteiger partial charge in [0.25, 0.3) is 0 Å². The molecule has 2 atom stereocenters. The van der Waals surface area contributed by atoms with E-state index in [-0.39, 0.29) is 0 Å². The van der Waals surface area contributed by atoms with Gasteiger partial charge < -0.3 is 10.2 Å². The number of rotatable bonds is 4. The highest BCUT2D eigenvalue weighted by molar-refractivity contribution is 6.32. The molecule has 1 saturated heterocycles. The molecule has 4 nitrogen and oxygen atoms in total. The topological polar surface area (TPSA) is 41.1 Å². The van der Waals surface area contributed by atoms with Crippen molar-refractivity contribution in [3.63, 3.8) is 0 Å². The first-order valence-electron chi connectivity index (χ1n) is 7.11. The van der Waals surface area contributed by atoms with E-state index in [2.05, 4.69) is 41.0 Å². The second-order valence-corrected chi connectivity index (χ2v) is 6.05. The summed E-state index contributed by atoms with van der Waals surface area (Å²) >= 11 is 6.26. The van der Waals surface area contributed by atoms with Crippen LogP contribution in [-0.4, -0.2) is 29.6 Å². The van der Waals surface area contributed by atoms with E-state index in [1.807, 2.05) is 0 Å². The zero-order valence-corrected chi connectivity index (χ0v) is 12.7. The van der Waals surface area contributed by atoms with Crippen molar-refractivity contribution in [1.82, 2.24) is 9.97 Å². The number of anilines is 2. The minimum atomic E-state index is 0.642. The van der Waals surface area contributed by atoms with E-state index < -0.39 is 0 Å². The summed E-state index contributed by atoms with van der Waals surface area (Å²) < 4.78 is 0. The Labute approximate surface area is 120 Å². The molecule has 1 N–H and O–H groups in total. The molecule has 0 amide bonds. The number of hydrogen-bond acceptors (Lipinski definition) is 4. The minimum Gasteiger partial charge on any atom is -0.355 e. The molecule has 2 heterocycles. The Kier molecular flexibility index (Phi) is 4.86. The van der Waals surface area contributed by atoms with E-state index in [0.717, 1.165) is 31.9 Å². The van der Waals surface area contributed by atoms with Crippen molar-refractivity contribution >= 4 is 23.4 Å². The van der Waals surface area contributed by atoms with Gasteiger partial charge in [0, 0.05) is 19.6 Å². The highest BCUT2D eigenvalue weighted by Gasteiger charge is 2.24. The van der Waals surface area contributed by atoms with E-state index in [4.69, 9.17) is 11.6 Å². The van der Waals surface area contributed by atoms with Crippen molar-refractivity contribution in [2.24, 2.45) is 11.8 Å². The molecule has 0 aromatic carbocycles. The lowest BCUT2D eigenvalue weighted by atomic mass is 9.92. The van der Waals surface area contributed by atoms with Crippen LogP contribution in [0.25, 0.3) is 0 Å². The Balaban J connectivity index is 2.17. The summed E-state index contributed by atoms with van der Waals surface area (Å²) in [5.74, 6) is 2.91. The van der Waals surface area contributed by atoms with E-state index in [1.165, 1.54) is 6.42 Å². The van der Waals surface area contributed by atoms with Crippen molar-refractivity contribution in [1.29, 1.82) is 0 Å². The third kappa shape index (κ3) is 3.72. The summed E-state index contributed by atoms with van der Waals surface area (Å²) in [5, 5.41) is 3.86. The minimum absolute atomic E-state index is 0.642. The molecule has 0 spiro atoms. The molecule has 106 valence electrons. The number of nitrogens with one attached hydrogen (secondary N) is 1. The molecule has 0 radical (unpaired) electrons. The average molecular weight is 283 g/mol. The lowest BCUT2D eigenvalue weighted by Gasteiger charge is -2.36. The number of piperidine rings is 1. The number of hydrogen-bond donors (Lipinski definition) is 1. The third-order valence-electron chi connectivity index (χ3n) is 3.43. The van der Waals surface area contributed by atoms with Crippen molar-refractivity contribution < 1.29 is 0 Å². The molecule has 0 bridgehead atoms. The lowest BCUT2D eigenvalue weighted by Crippen LogP contribution is -2.39. The highest BCUT2D eigenvalue weighted by Crippen LogP contribution is 2.30. The smallest absolute Gasteiger partial charge is 0.224 e. The van der Waals surface area contributed by atoms with Crippen LogP contribution in [0.4, 0.5) is 11.8 Å². The molecule has 0 saturated carbocycles. The van der Waals surface area contributed by atoms with E-state index in [9.17, 15) is 0 Å². The van der Waals surface area contributed by atoms with Crippen LogP contribution >= 0.6 is 11.6 Å². The van der Waals surface area contributed by atoms with Crippen LogP contribution < -0.4 is 10.2 Å². The normalized spacial score (nSPS) is 23.5. The van der Waals surface area contributed by atoms with Gasteiger partial charge in [-0.25, -0.2) is 4.98 Å². The summed E-state index contributed by atoms with van der Waals surface area (Å²) in [6, 6.07) is 0. The molecule has 1 aliphatic rings. The Bertz CT molecular complexity index is 414. The maximum Gasteiger partial charge on any atom is 0.224 e. The largest absolute Gasteiger partial charge is 0.355 e. The summed E-state index contributed by atoms with van der Waals surface area (Å²) in [5.41, 5.74) is 0. The first-order chi connectivity index (χ1) is 9.10. The van der Waals surface area contributed by atoms with Gasteiger partial charge in [0.05, 0.1) is 6.20 Å². The fourth-order valence-corrected chi connectivity index (χ4v) is 2.95. The molecule has 1 aromatic rings. The highest BCUT2D eigenvalue weighted by atomic mass is 35.5. The van der Waals surface area contributed by atoms with Gasteiger partial charge in [-0.2, -0.15) is 4.98 Å². The molecule has 2 unspecified atom stereocenters. The standard InChI is InChI=1S/C14H23ClN4/c1-4-5-16-14-17-7-12(15)13(18-14)19-8-10(2)6-11(3)9-19/h7,10-11H,4-6,8-9H2,1-3H3,(H,16,17,18). The summed E-state index contributed by atoms with van der Waals surface area (Å²) in [4.78, 5) is 11.1. The quantitative estimate of drug-likeness (QED) is 0.918. The van der Waals surface area contributed by atoms with Gasteiger partial charge in [-0.15, -0.1) is 0 Å². The Morgan fingerprint density at radius 3 is 2.68 bits per heavy atom. The SMILES string of the molecule is CCCNc1ncc(Cl)c(N2CC(C)CC(C)C2)n1. The second kappa shape index (κ2) is 6.42. The predicted octanol–water partition coefficient (Wildman–Crippen LogP) is 3.43. The summed E-state index contributed by atoms with van der Waals surface area (Å²) in [6.45, 7) is 9.62. The van der Waals surface area contributed by atoms with Gasteiger partial charge in [-0.1, -0.05) is 32.4 Å². The zero-order valence-electron chi connectivity index (χ0n) is 12.0. The number of nitrogens with zero attached hydrogens (tertiary/aromatic N) is 3. The third-order valence-corrected chi connectivity index (χ3v) is 3.69. The average Bonchev–Trinajstić information content (AvgIpc) is 2.36. The van der Waals surface area contributed by atoms with Crippen molar-refractivity contribution in [2.45, 2.75) is 33.6 Å². The molecule has 19 heavy (non-hydrogen) atoms. The monoisotopic (exact) mass is 282 g/mol. The van der Waals surface area contributed by atoms with Crippen molar-refractivity contribution in [3.8, 4) is 0 Å². The van der Waals surface area contributed by atoms with Gasteiger partial charge in [-0.05, 0) is 24.7 Å². The molecule has 1 aromatic heterocycles. The van der Waals surface area contributed by atoms with Crippen LogP contribution in [0, 0.1) is 11.8 Å². The van der Waals surface area contributed by atoms with Crippen LogP contribution in [0.3, 0.4) is 0 Å². The zero-order chi connectivity index (χ0) is 13.8. The first-order valence-corrected chi connectivity index (χ1v) is 7.49. The van der Waals surface area contributed by atoms with Gasteiger partial charge >= 0.3 is 0 Å². The fraction of sp³-hybridized carbons (Fsp3) is 0.714. The van der Waals surface area contributed by atoms with Gasteiger partial charge in [0.1, 0.15) is 5.02 Å². The second-order valence-electron chi connectivity index (χ2n) is 5.64. The van der Waals surface area contributed by atoms with Gasteiger partial charge in [-0.3, -0.25) is 0 Å². The fourth-order valence-electron chi connectivity index (χ4n) is 2.74. The molecular formula is C14H23ClN4. The Morgan fingerprint density at radius 2 is 2.05 bits per heavy atom. The Morgan fingerprint density at radius 1 is 1.37 bits per heavy atom. The van der Waals surface area contributed by atoms with Crippen molar-refractivity contribution in [3.05, 3.63) is 11.2 Å². The molecule has 5 heteroatoms. The Hall–Kier alpha value is -1.03. The molecule has 2 rings (SSSR count). The molecule has 1 aliphatic heterocycles. The first kappa shape index (κ1) is 14.4. The van der Waals surface area contributed by atoms with Crippen LogP contribution in [-0.2, 0) is 0 Å². The van der Waals surface area contributed by atoms with Crippen LogP contribution in [0.1, 0.15) is 33.6 Å². The van der Waals surface area contributed by atoms with Crippen LogP contribution in [0.2, 0.25) is 5.02 Å². The number of aromatic nitrogens is 2. The number of halogens is 1. The van der Waals surface area contributed by atoms with Crippen LogP contribution in [0.5, 0.6) is 0 Å². The van der Waals surface area contributed by atoms with Crippen molar-refractivity contribution in [2.75, 3.05) is 29.9 Å². The van der Waals surface area contributed by atoms with E-state index >= 15 is 0 Å². The lowest BCUT2D eigenvalue weighted by molar-refractivity contribution is 0.355. The maximum atomic E-state index is 6.26.